The monoisotopic (exact) mass is 278 g/mol. The number of nitrogens with zero attached hydrogens (tertiary/aromatic N) is 1. The molecule has 0 radical (unpaired) electrons. The molecule has 6 heteroatoms. The molecule has 1 fully saturated rings. The van der Waals surface area contributed by atoms with E-state index in [4.69, 9.17) is 9.47 Å². The summed E-state index contributed by atoms with van der Waals surface area (Å²) in [5.41, 5.74) is 0.515. The third-order valence-corrected chi connectivity index (χ3v) is 3.11. The van der Waals surface area contributed by atoms with Crippen molar-refractivity contribution in [3.63, 3.8) is 0 Å². The first-order valence-corrected chi connectivity index (χ1v) is 6.61. The van der Waals surface area contributed by atoms with Crippen LogP contribution in [0, 0.1) is 0 Å². The first-order valence-electron chi connectivity index (χ1n) is 6.61. The molecule has 1 aromatic rings. The van der Waals surface area contributed by atoms with E-state index in [2.05, 4.69) is 5.32 Å². The summed E-state index contributed by atoms with van der Waals surface area (Å²) in [6.45, 7) is 1.29. The minimum Gasteiger partial charge on any atom is -0.497 e. The van der Waals surface area contributed by atoms with Crippen LogP contribution < -0.4 is 10.1 Å². The molecule has 0 aliphatic carbocycles. The van der Waals surface area contributed by atoms with Gasteiger partial charge in [-0.2, -0.15) is 0 Å². The van der Waals surface area contributed by atoms with Crippen molar-refractivity contribution in [1.82, 2.24) is 4.90 Å². The number of likely N-dealkylation sites (tertiary alicyclic amines) is 1. The van der Waals surface area contributed by atoms with Gasteiger partial charge >= 0.3 is 12.2 Å². The Balaban J connectivity index is 1.86. The minimum absolute atomic E-state index is 0.515. The van der Waals surface area contributed by atoms with Crippen molar-refractivity contribution in [2.24, 2.45) is 0 Å². The quantitative estimate of drug-likeness (QED) is 0.845. The lowest BCUT2D eigenvalue weighted by Gasteiger charge is -2.25. The maximum Gasteiger partial charge on any atom is 0.420 e. The van der Waals surface area contributed by atoms with Gasteiger partial charge in [0.15, 0.2) is 0 Å². The van der Waals surface area contributed by atoms with Crippen molar-refractivity contribution in [3.05, 3.63) is 24.3 Å². The van der Waals surface area contributed by atoms with Crippen molar-refractivity contribution < 1.29 is 19.1 Å². The zero-order valence-electron chi connectivity index (χ0n) is 11.4. The lowest BCUT2D eigenvalue weighted by molar-refractivity contribution is 0.117. The number of hydrogen-bond acceptors (Lipinski definition) is 4. The van der Waals surface area contributed by atoms with Crippen molar-refractivity contribution in [1.29, 1.82) is 0 Å². The number of carbonyl (C=O) groups is 2. The SMILES string of the molecule is COc1cccc(NC(=O)OC(=O)N2CCCCC2)c1. The minimum atomic E-state index is -0.783. The van der Waals surface area contributed by atoms with Crippen molar-refractivity contribution in [2.45, 2.75) is 19.3 Å². The molecular formula is C14H18N2O4. The average Bonchev–Trinajstić information content (AvgIpc) is 2.48. The van der Waals surface area contributed by atoms with Gasteiger partial charge in [0.1, 0.15) is 5.75 Å². The highest BCUT2D eigenvalue weighted by molar-refractivity contribution is 5.92. The fourth-order valence-corrected chi connectivity index (χ4v) is 2.06. The first kappa shape index (κ1) is 14.2. The molecule has 1 aliphatic rings. The molecule has 0 saturated carbocycles. The van der Waals surface area contributed by atoms with E-state index in [1.807, 2.05) is 0 Å². The number of ether oxygens (including phenoxy) is 2. The van der Waals surface area contributed by atoms with Gasteiger partial charge in [-0.3, -0.25) is 5.32 Å². The van der Waals surface area contributed by atoms with Crippen LogP contribution in [0.15, 0.2) is 24.3 Å². The summed E-state index contributed by atoms with van der Waals surface area (Å²) in [5.74, 6) is 0.616. The first-order chi connectivity index (χ1) is 9.69. The van der Waals surface area contributed by atoms with Crippen molar-refractivity contribution in [2.75, 3.05) is 25.5 Å². The van der Waals surface area contributed by atoms with Crippen LogP contribution in [-0.4, -0.2) is 37.3 Å². The molecule has 108 valence electrons. The Bertz CT molecular complexity index is 484. The van der Waals surface area contributed by atoms with E-state index in [-0.39, 0.29) is 0 Å². The molecule has 2 rings (SSSR count). The molecule has 1 aliphatic heterocycles. The van der Waals surface area contributed by atoms with E-state index >= 15 is 0 Å². The molecule has 1 heterocycles. The number of piperidine rings is 1. The Morgan fingerprint density at radius 1 is 1.20 bits per heavy atom. The van der Waals surface area contributed by atoms with E-state index in [0.29, 0.717) is 24.5 Å². The van der Waals surface area contributed by atoms with Gasteiger partial charge in [0.05, 0.1) is 7.11 Å². The summed E-state index contributed by atoms with van der Waals surface area (Å²) in [6.07, 6.45) is 1.64. The predicted molar refractivity (Wildman–Crippen MR) is 73.9 cm³/mol. The van der Waals surface area contributed by atoms with Crippen molar-refractivity contribution in [3.8, 4) is 5.75 Å². The average molecular weight is 278 g/mol. The Labute approximate surface area is 117 Å². The number of hydrogen-bond donors (Lipinski definition) is 1. The van der Waals surface area contributed by atoms with Crippen LogP contribution in [0.3, 0.4) is 0 Å². The van der Waals surface area contributed by atoms with Crippen LogP contribution in [0.4, 0.5) is 15.3 Å². The number of amides is 2. The standard InChI is InChI=1S/C14H18N2O4/c1-19-12-7-5-6-11(10-12)15-13(17)20-14(18)16-8-3-2-4-9-16/h5-7,10H,2-4,8-9H2,1H3,(H,15,17). The van der Waals surface area contributed by atoms with Crippen molar-refractivity contribution >= 4 is 17.9 Å². The van der Waals surface area contributed by atoms with E-state index in [1.54, 1.807) is 29.2 Å². The third kappa shape index (κ3) is 3.88. The second-order valence-electron chi connectivity index (χ2n) is 4.56. The Kier molecular flexibility index (Phi) is 4.81. The molecule has 0 spiro atoms. The molecule has 0 atom stereocenters. The van der Waals surface area contributed by atoms with Crippen LogP contribution in [0.5, 0.6) is 5.75 Å². The summed E-state index contributed by atoms with van der Waals surface area (Å²) < 4.78 is 9.81. The smallest absolute Gasteiger partial charge is 0.420 e. The Hall–Kier alpha value is -2.24. The topological polar surface area (TPSA) is 67.9 Å². The molecule has 20 heavy (non-hydrogen) atoms. The fraction of sp³-hybridized carbons (Fsp3) is 0.429. The van der Waals surface area contributed by atoms with Gasteiger partial charge in [0.25, 0.3) is 0 Å². The van der Waals surface area contributed by atoms with Gasteiger partial charge in [-0.25, -0.2) is 9.59 Å². The second-order valence-corrected chi connectivity index (χ2v) is 4.56. The molecular weight excluding hydrogens is 260 g/mol. The normalized spacial score (nSPS) is 14.6. The maximum atomic E-state index is 11.7. The third-order valence-electron chi connectivity index (χ3n) is 3.11. The number of anilines is 1. The van der Waals surface area contributed by atoms with Gasteiger partial charge in [-0.1, -0.05) is 6.07 Å². The predicted octanol–water partition coefficient (Wildman–Crippen LogP) is 2.85. The molecule has 0 aromatic heterocycles. The molecule has 0 bridgehead atoms. The molecule has 2 amide bonds. The van der Waals surface area contributed by atoms with Gasteiger partial charge < -0.3 is 14.4 Å². The zero-order chi connectivity index (χ0) is 14.4. The van der Waals surface area contributed by atoms with Gasteiger partial charge in [0, 0.05) is 24.8 Å². The van der Waals surface area contributed by atoms with Crippen LogP contribution >= 0.6 is 0 Å². The highest BCUT2D eigenvalue weighted by Gasteiger charge is 2.20. The van der Waals surface area contributed by atoms with Gasteiger partial charge in [-0.15, -0.1) is 0 Å². The molecule has 1 aromatic carbocycles. The summed E-state index contributed by atoms with van der Waals surface area (Å²) in [7, 11) is 1.54. The van der Waals surface area contributed by atoms with Crippen LogP contribution in [0.2, 0.25) is 0 Å². The lowest BCUT2D eigenvalue weighted by Crippen LogP contribution is -2.37. The van der Waals surface area contributed by atoms with E-state index in [9.17, 15) is 9.59 Å². The number of methoxy groups -OCH3 is 1. The van der Waals surface area contributed by atoms with E-state index < -0.39 is 12.2 Å². The van der Waals surface area contributed by atoms with E-state index in [0.717, 1.165) is 19.3 Å². The lowest BCUT2D eigenvalue weighted by atomic mass is 10.1. The largest absolute Gasteiger partial charge is 0.497 e. The summed E-state index contributed by atoms with van der Waals surface area (Å²) in [6, 6.07) is 6.83. The summed E-state index contributed by atoms with van der Waals surface area (Å²) in [5, 5.41) is 2.50. The molecule has 0 unspecified atom stereocenters. The second kappa shape index (κ2) is 6.79. The highest BCUT2D eigenvalue weighted by atomic mass is 16.6. The number of benzene rings is 1. The van der Waals surface area contributed by atoms with Gasteiger partial charge in [-0.05, 0) is 31.4 Å². The maximum absolute atomic E-state index is 11.7. The number of rotatable bonds is 2. The molecule has 6 nitrogen and oxygen atoms in total. The summed E-state index contributed by atoms with van der Waals surface area (Å²) in [4.78, 5) is 24.9. The van der Waals surface area contributed by atoms with Crippen LogP contribution in [0.25, 0.3) is 0 Å². The number of carbonyl (C=O) groups excluding carboxylic acids is 2. The Morgan fingerprint density at radius 2 is 1.95 bits per heavy atom. The molecule has 1 N–H and O–H groups in total. The zero-order valence-corrected chi connectivity index (χ0v) is 11.4. The number of nitrogens with one attached hydrogen (secondary N) is 1. The highest BCUT2D eigenvalue weighted by Crippen LogP contribution is 2.17. The molecule has 1 saturated heterocycles. The van der Waals surface area contributed by atoms with Gasteiger partial charge in [0.2, 0.25) is 0 Å². The van der Waals surface area contributed by atoms with Crippen LogP contribution in [-0.2, 0) is 4.74 Å². The Morgan fingerprint density at radius 3 is 2.65 bits per heavy atom. The van der Waals surface area contributed by atoms with Crippen LogP contribution in [0.1, 0.15) is 19.3 Å². The summed E-state index contributed by atoms with van der Waals surface area (Å²) >= 11 is 0. The fourth-order valence-electron chi connectivity index (χ4n) is 2.06. The van der Waals surface area contributed by atoms with E-state index in [1.165, 1.54) is 7.11 Å².